The Bertz CT molecular complexity index is 597. The van der Waals surface area contributed by atoms with E-state index in [0.717, 1.165) is 36.8 Å². The number of hydrogen-bond donors (Lipinski definition) is 2. The Hall–Kier alpha value is -1.88. The van der Waals surface area contributed by atoms with Crippen LogP contribution in [0.2, 0.25) is 0 Å². The molecule has 4 atom stereocenters. The van der Waals surface area contributed by atoms with Gasteiger partial charge in [0.25, 0.3) is 0 Å². The molecule has 2 saturated heterocycles. The number of fused-ring (bicyclic) bond motifs is 2. The summed E-state index contributed by atoms with van der Waals surface area (Å²) in [6, 6.07) is 7.85. The molecule has 0 saturated carbocycles. The molecule has 5 nitrogen and oxygen atoms in total. The van der Waals surface area contributed by atoms with Crippen LogP contribution in [0.1, 0.15) is 36.8 Å². The molecule has 2 heterocycles. The third-order valence-electron chi connectivity index (χ3n) is 5.18. The Morgan fingerprint density at radius 3 is 2.35 bits per heavy atom. The van der Waals surface area contributed by atoms with Crippen LogP contribution >= 0.6 is 0 Å². The predicted octanol–water partition coefficient (Wildman–Crippen LogP) is 2.51. The fourth-order valence-electron chi connectivity index (χ4n) is 4.09. The van der Waals surface area contributed by atoms with E-state index < -0.39 is 11.9 Å². The summed E-state index contributed by atoms with van der Waals surface area (Å²) in [6.45, 7) is 0. The minimum absolute atomic E-state index is 0.0683. The lowest BCUT2D eigenvalue weighted by Crippen LogP contribution is -2.33. The van der Waals surface area contributed by atoms with Gasteiger partial charge in [-0.05, 0) is 43.2 Å². The van der Waals surface area contributed by atoms with Gasteiger partial charge in [-0.25, -0.2) is 0 Å². The van der Waals surface area contributed by atoms with Gasteiger partial charge in [-0.3, -0.25) is 9.59 Å². The Morgan fingerprint density at radius 2 is 1.70 bits per heavy atom. The maximum Gasteiger partial charge on any atom is 0.309 e. The summed E-state index contributed by atoms with van der Waals surface area (Å²) in [6.07, 6.45) is 3.95. The largest absolute Gasteiger partial charge is 0.481 e. The molecule has 3 rings (SSSR count). The second-order valence-corrected chi connectivity index (χ2v) is 6.52. The molecule has 0 aromatic heterocycles. The van der Waals surface area contributed by atoms with Gasteiger partial charge in [-0.1, -0.05) is 24.3 Å². The topological polar surface area (TPSA) is 83.8 Å². The lowest BCUT2D eigenvalue weighted by atomic mass is 9.76. The molecule has 2 aliphatic heterocycles. The Morgan fingerprint density at radius 1 is 1.04 bits per heavy atom. The van der Waals surface area contributed by atoms with E-state index in [1.807, 2.05) is 24.3 Å². The maximum atomic E-state index is 11.5. The van der Waals surface area contributed by atoms with E-state index in [9.17, 15) is 14.7 Å². The average molecular weight is 318 g/mol. The third kappa shape index (κ3) is 3.39. The van der Waals surface area contributed by atoms with Crippen LogP contribution < -0.4 is 0 Å². The highest BCUT2D eigenvalue weighted by Crippen LogP contribution is 2.45. The first-order valence-electron chi connectivity index (χ1n) is 8.23. The fourth-order valence-corrected chi connectivity index (χ4v) is 4.09. The summed E-state index contributed by atoms with van der Waals surface area (Å²) >= 11 is 0. The molecule has 2 N–H and O–H groups in total. The number of carboxylic acid groups (broad SMARTS) is 2. The summed E-state index contributed by atoms with van der Waals surface area (Å²) in [7, 11) is 0. The first-order chi connectivity index (χ1) is 11.1. The highest BCUT2D eigenvalue weighted by Gasteiger charge is 2.51. The van der Waals surface area contributed by atoms with E-state index in [1.165, 1.54) is 0 Å². The minimum Gasteiger partial charge on any atom is -0.481 e. The lowest BCUT2D eigenvalue weighted by molar-refractivity contribution is -0.145. The quantitative estimate of drug-likeness (QED) is 0.807. The van der Waals surface area contributed by atoms with Gasteiger partial charge in [0, 0.05) is 12.3 Å². The number of ether oxygens (including phenoxy) is 1. The number of aryl methyl sites for hydroxylation is 2. The molecule has 5 heteroatoms. The zero-order valence-electron chi connectivity index (χ0n) is 13.0. The van der Waals surface area contributed by atoms with Gasteiger partial charge in [0.1, 0.15) is 0 Å². The number of aliphatic carboxylic acids is 2. The molecule has 2 fully saturated rings. The molecule has 124 valence electrons. The number of hydrogen-bond acceptors (Lipinski definition) is 3. The highest BCUT2D eigenvalue weighted by atomic mass is 16.5. The second kappa shape index (κ2) is 6.71. The van der Waals surface area contributed by atoms with Crippen LogP contribution in [0.4, 0.5) is 0 Å². The normalized spacial score (nSPS) is 28.9. The van der Waals surface area contributed by atoms with Gasteiger partial charge >= 0.3 is 11.9 Å². The van der Waals surface area contributed by atoms with Crippen molar-refractivity contribution in [2.45, 2.75) is 50.7 Å². The molecular weight excluding hydrogens is 296 g/mol. The lowest BCUT2D eigenvalue weighted by Gasteiger charge is -2.25. The maximum absolute atomic E-state index is 11.5. The molecule has 0 aliphatic carbocycles. The fraction of sp³-hybridized carbons (Fsp3) is 0.556. The first-order valence-corrected chi connectivity index (χ1v) is 8.23. The van der Waals surface area contributed by atoms with E-state index in [-0.39, 0.29) is 30.5 Å². The number of rotatable bonds is 7. The van der Waals surface area contributed by atoms with Crippen LogP contribution in [-0.2, 0) is 27.2 Å². The Kier molecular flexibility index (Phi) is 4.66. The van der Waals surface area contributed by atoms with Crippen molar-refractivity contribution in [1.29, 1.82) is 0 Å². The number of benzene rings is 1. The summed E-state index contributed by atoms with van der Waals surface area (Å²) < 4.78 is 5.80. The van der Waals surface area contributed by atoms with E-state index in [2.05, 4.69) is 0 Å². The highest BCUT2D eigenvalue weighted by molar-refractivity contribution is 5.72. The molecule has 0 radical (unpaired) electrons. The van der Waals surface area contributed by atoms with Crippen LogP contribution in [0.5, 0.6) is 0 Å². The van der Waals surface area contributed by atoms with Gasteiger partial charge in [0.15, 0.2) is 0 Å². The molecule has 0 unspecified atom stereocenters. The summed E-state index contributed by atoms with van der Waals surface area (Å²) in [5, 5.41) is 18.3. The molecule has 1 aromatic rings. The van der Waals surface area contributed by atoms with E-state index in [4.69, 9.17) is 9.84 Å². The van der Waals surface area contributed by atoms with E-state index >= 15 is 0 Å². The summed E-state index contributed by atoms with van der Waals surface area (Å²) in [4.78, 5) is 22.3. The zero-order chi connectivity index (χ0) is 16.4. The van der Waals surface area contributed by atoms with Crippen LogP contribution in [0.25, 0.3) is 0 Å². The van der Waals surface area contributed by atoms with E-state index in [0.29, 0.717) is 6.42 Å². The van der Waals surface area contributed by atoms with Crippen LogP contribution in [0.15, 0.2) is 24.3 Å². The SMILES string of the molecule is O=C(O)CCc1ccccc1CC[C@H]1[C@@H](C(=O)O)[C@@H]2CC[C@H]1O2. The van der Waals surface area contributed by atoms with Crippen LogP contribution in [-0.4, -0.2) is 34.4 Å². The van der Waals surface area contributed by atoms with Gasteiger partial charge in [0.05, 0.1) is 18.1 Å². The van der Waals surface area contributed by atoms with Gasteiger partial charge in [0.2, 0.25) is 0 Å². The third-order valence-corrected chi connectivity index (χ3v) is 5.18. The molecule has 2 bridgehead atoms. The zero-order valence-corrected chi connectivity index (χ0v) is 13.0. The molecule has 0 amide bonds. The molecular formula is C18H22O5. The molecule has 23 heavy (non-hydrogen) atoms. The smallest absolute Gasteiger partial charge is 0.309 e. The van der Waals surface area contributed by atoms with Crippen molar-refractivity contribution < 1.29 is 24.5 Å². The van der Waals surface area contributed by atoms with Crippen molar-refractivity contribution in [2.24, 2.45) is 11.8 Å². The van der Waals surface area contributed by atoms with Gasteiger partial charge in [-0.15, -0.1) is 0 Å². The van der Waals surface area contributed by atoms with Crippen molar-refractivity contribution in [3.63, 3.8) is 0 Å². The first kappa shape index (κ1) is 16.0. The predicted molar refractivity (Wildman–Crippen MR) is 83.2 cm³/mol. The number of carbonyl (C=O) groups is 2. The second-order valence-electron chi connectivity index (χ2n) is 6.52. The van der Waals surface area contributed by atoms with Crippen molar-refractivity contribution in [3.8, 4) is 0 Å². The minimum atomic E-state index is -0.799. The Labute approximate surface area is 135 Å². The molecule has 1 aromatic carbocycles. The van der Waals surface area contributed by atoms with Gasteiger partial charge < -0.3 is 14.9 Å². The van der Waals surface area contributed by atoms with Crippen molar-refractivity contribution in [3.05, 3.63) is 35.4 Å². The monoisotopic (exact) mass is 318 g/mol. The van der Waals surface area contributed by atoms with Crippen LogP contribution in [0, 0.1) is 11.8 Å². The van der Waals surface area contributed by atoms with Gasteiger partial charge in [-0.2, -0.15) is 0 Å². The summed E-state index contributed by atoms with van der Waals surface area (Å²) in [5.74, 6) is -1.87. The standard InChI is InChI=1S/C18H22O5/c19-16(20)10-6-12-4-2-1-3-11(12)5-7-13-14-8-9-15(23-14)17(13)18(21)22/h1-4,13-15,17H,5-10H2,(H,19,20)(H,21,22)/t13-,14-,15+,17-/m1/s1. The Balaban J connectivity index is 1.66. The van der Waals surface area contributed by atoms with Crippen molar-refractivity contribution in [1.82, 2.24) is 0 Å². The molecule has 0 spiro atoms. The molecule has 2 aliphatic rings. The van der Waals surface area contributed by atoms with Crippen LogP contribution in [0.3, 0.4) is 0 Å². The summed E-state index contributed by atoms with van der Waals surface area (Å²) in [5.41, 5.74) is 2.17. The number of carboxylic acids is 2. The van der Waals surface area contributed by atoms with Crippen molar-refractivity contribution >= 4 is 11.9 Å². The average Bonchev–Trinajstić information content (AvgIpc) is 3.12. The van der Waals surface area contributed by atoms with E-state index in [1.54, 1.807) is 0 Å². The van der Waals surface area contributed by atoms with Crippen molar-refractivity contribution in [2.75, 3.05) is 0 Å².